The van der Waals surface area contributed by atoms with Crippen molar-refractivity contribution in [2.75, 3.05) is 0 Å². The van der Waals surface area contributed by atoms with E-state index in [0.717, 1.165) is 47.9 Å². The number of carbonyl (C=O) groups excluding carboxylic acids is 1. The van der Waals surface area contributed by atoms with Crippen molar-refractivity contribution in [3.05, 3.63) is 24.2 Å². The molecule has 4 saturated carbocycles. The lowest BCUT2D eigenvalue weighted by Gasteiger charge is -2.56. The average Bonchev–Trinajstić information content (AvgIpc) is 2.89. The van der Waals surface area contributed by atoms with Gasteiger partial charge in [0.05, 0.1) is 10.9 Å². The van der Waals surface area contributed by atoms with Crippen LogP contribution in [0.4, 0.5) is 0 Å². The highest BCUT2D eigenvalue weighted by Crippen LogP contribution is 2.55. The number of nitrogens with one attached hydrogen (secondary N) is 2. The molecule has 0 aliphatic heterocycles. The fourth-order valence-electron chi connectivity index (χ4n) is 5.59. The first-order valence-corrected chi connectivity index (χ1v) is 8.31. The summed E-state index contributed by atoms with van der Waals surface area (Å²) in [4.78, 5) is 16.9. The SMILES string of the molecule is O=C(NC12CC3CC(CC(C3)C1)C2)c1n[nH]c2ccncc12. The van der Waals surface area contributed by atoms with E-state index < -0.39 is 0 Å². The van der Waals surface area contributed by atoms with Crippen LogP contribution in [-0.4, -0.2) is 26.6 Å². The van der Waals surface area contributed by atoms with Crippen LogP contribution in [0.1, 0.15) is 49.0 Å². The molecule has 0 spiro atoms. The molecule has 2 aromatic heterocycles. The van der Waals surface area contributed by atoms with Gasteiger partial charge in [-0.1, -0.05) is 0 Å². The largest absolute Gasteiger partial charge is 0.345 e. The average molecular weight is 296 g/mol. The Morgan fingerprint density at radius 3 is 2.55 bits per heavy atom. The zero-order valence-corrected chi connectivity index (χ0v) is 12.5. The van der Waals surface area contributed by atoms with Gasteiger partial charge in [-0.2, -0.15) is 5.10 Å². The Morgan fingerprint density at radius 2 is 1.86 bits per heavy atom. The summed E-state index contributed by atoms with van der Waals surface area (Å²) >= 11 is 0. The molecule has 0 saturated heterocycles. The summed E-state index contributed by atoms with van der Waals surface area (Å²) in [7, 11) is 0. The van der Waals surface area contributed by atoms with Crippen molar-refractivity contribution in [1.82, 2.24) is 20.5 Å². The number of hydrogen-bond donors (Lipinski definition) is 2. The fourth-order valence-corrected chi connectivity index (χ4v) is 5.59. The Kier molecular flexibility index (Phi) is 2.47. The van der Waals surface area contributed by atoms with Crippen molar-refractivity contribution in [1.29, 1.82) is 0 Å². The summed E-state index contributed by atoms with van der Waals surface area (Å²) in [5.74, 6) is 2.43. The quantitative estimate of drug-likeness (QED) is 0.895. The molecule has 0 unspecified atom stereocenters. The highest BCUT2D eigenvalue weighted by molar-refractivity contribution is 6.04. The Hall–Kier alpha value is -1.91. The number of aromatic nitrogens is 3. The summed E-state index contributed by atoms with van der Waals surface area (Å²) in [5, 5.41) is 11.3. The summed E-state index contributed by atoms with van der Waals surface area (Å²) in [6, 6.07) is 1.85. The van der Waals surface area contributed by atoms with Gasteiger partial charge in [0, 0.05) is 17.9 Å². The first-order chi connectivity index (χ1) is 10.7. The van der Waals surface area contributed by atoms with Gasteiger partial charge in [-0.05, 0) is 62.3 Å². The zero-order valence-electron chi connectivity index (χ0n) is 12.5. The van der Waals surface area contributed by atoms with E-state index in [1.54, 1.807) is 12.4 Å². The van der Waals surface area contributed by atoms with Gasteiger partial charge in [0.1, 0.15) is 0 Å². The number of H-pyrrole nitrogens is 1. The molecule has 114 valence electrons. The number of nitrogens with zero attached hydrogens (tertiary/aromatic N) is 2. The molecule has 5 heteroatoms. The minimum Gasteiger partial charge on any atom is -0.345 e. The predicted molar refractivity (Wildman–Crippen MR) is 82.3 cm³/mol. The Balaban J connectivity index is 1.45. The molecule has 4 bridgehead atoms. The lowest BCUT2D eigenvalue weighted by Crippen LogP contribution is -2.59. The number of amides is 1. The number of aromatic amines is 1. The normalized spacial score (nSPS) is 35.9. The molecule has 0 aromatic carbocycles. The van der Waals surface area contributed by atoms with Crippen LogP contribution in [0.5, 0.6) is 0 Å². The van der Waals surface area contributed by atoms with Gasteiger partial charge in [-0.25, -0.2) is 0 Å². The number of fused-ring (bicyclic) bond motifs is 1. The Bertz CT molecular complexity index is 715. The third-order valence-electron chi connectivity index (χ3n) is 6.00. The van der Waals surface area contributed by atoms with Crippen LogP contribution in [0.25, 0.3) is 10.9 Å². The standard InChI is InChI=1S/C17H20N4O/c22-16(15-13-9-18-2-1-14(13)20-21-15)19-17-6-10-3-11(7-17)5-12(4-10)8-17/h1-2,9-12H,3-8H2,(H,19,22)(H,20,21). The molecular weight excluding hydrogens is 276 g/mol. The van der Waals surface area contributed by atoms with E-state index in [2.05, 4.69) is 20.5 Å². The minimum atomic E-state index is -0.0406. The van der Waals surface area contributed by atoms with Crippen LogP contribution in [-0.2, 0) is 0 Å². The molecular formula is C17H20N4O. The maximum atomic E-state index is 12.8. The first kappa shape index (κ1) is 12.6. The lowest BCUT2D eigenvalue weighted by molar-refractivity contribution is -0.0167. The van der Waals surface area contributed by atoms with E-state index in [-0.39, 0.29) is 11.4 Å². The molecule has 1 amide bonds. The molecule has 2 N–H and O–H groups in total. The predicted octanol–water partition coefficient (Wildman–Crippen LogP) is 2.66. The maximum Gasteiger partial charge on any atom is 0.272 e. The molecule has 4 fully saturated rings. The zero-order chi connectivity index (χ0) is 14.7. The van der Waals surface area contributed by atoms with E-state index in [1.165, 1.54) is 19.3 Å². The van der Waals surface area contributed by atoms with Crippen molar-refractivity contribution in [3.63, 3.8) is 0 Å². The highest BCUT2D eigenvalue weighted by Gasteiger charge is 2.51. The molecule has 6 rings (SSSR count). The highest BCUT2D eigenvalue weighted by atomic mass is 16.2. The van der Waals surface area contributed by atoms with E-state index in [9.17, 15) is 4.79 Å². The van der Waals surface area contributed by atoms with Gasteiger partial charge in [0.2, 0.25) is 0 Å². The third kappa shape index (κ3) is 1.81. The maximum absolute atomic E-state index is 12.8. The molecule has 2 aromatic rings. The number of pyridine rings is 1. The van der Waals surface area contributed by atoms with E-state index in [1.807, 2.05) is 6.07 Å². The molecule has 22 heavy (non-hydrogen) atoms. The van der Waals surface area contributed by atoms with Crippen LogP contribution in [0.2, 0.25) is 0 Å². The van der Waals surface area contributed by atoms with Crippen LogP contribution >= 0.6 is 0 Å². The second kappa shape index (κ2) is 4.31. The summed E-state index contributed by atoms with van der Waals surface area (Å²) in [5.41, 5.74) is 1.38. The van der Waals surface area contributed by atoms with Crippen LogP contribution < -0.4 is 5.32 Å². The minimum absolute atomic E-state index is 0.0271. The Labute approximate surface area is 128 Å². The van der Waals surface area contributed by atoms with E-state index in [4.69, 9.17) is 0 Å². The molecule has 4 aliphatic carbocycles. The van der Waals surface area contributed by atoms with Crippen LogP contribution in [0.15, 0.2) is 18.5 Å². The van der Waals surface area contributed by atoms with Gasteiger partial charge in [0.15, 0.2) is 5.69 Å². The summed E-state index contributed by atoms with van der Waals surface area (Å²) < 4.78 is 0. The topological polar surface area (TPSA) is 70.7 Å². The van der Waals surface area contributed by atoms with Gasteiger partial charge < -0.3 is 5.32 Å². The summed E-state index contributed by atoms with van der Waals surface area (Å²) in [6.07, 6.45) is 11.0. The third-order valence-corrected chi connectivity index (χ3v) is 6.00. The van der Waals surface area contributed by atoms with Crippen molar-refractivity contribution >= 4 is 16.8 Å². The number of carbonyl (C=O) groups is 1. The van der Waals surface area contributed by atoms with Crippen molar-refractivity contribution < 1.29 is 4.79 Å². The van der Waals surface area contributed by atoms with E-state index >= 15 is 0 Å². The second-order valence-corrected chi connectivity index (χ2v) is 7.65. The van der Waals surface area contributed by atoms with Crippen molar-refractivity contribution in [2.45, 2.75) is 44.1 Å². The second-order valence-electron chi connectivity index (χ2n) is 7.65. The molecule has 0 radical (unpaired) electrons. The van der Waals surface area contributed by atoms with Gasteiger partial charge in [-0.15, -0.1) is 0 Å². The first-order valence-electron chi connectivity index (χ1n) is 8.31. The van der Waals surface area contributed by atoms with Crippen molar-refractivity contribution in [3.8, 4) is 0 Å². The number of hydrogen-bond acceptors (Lipinski definition) is 3. The molecule has 2 heterocycles. The monoisotopic (exact) mass is 296 g/mol. The van der Waals surface area contributed by atoms with Gasteiger partial charge in [0.25, 0.3) is 5.91 Å². The fraction of sp³-hybridized carbons (Fsp3) is 0.588. The van der Waals surface area contributed by atoms with Crippen molar-refractivity contribution in [2.24, 2.45) is 17.8 Å². The van der Waals surface area contributed by atoms with Crippen LogP contribution in [0, 0.1) is 17.8 Å². The van der Waals surface area contributed by atoms with E-state index in [0.29, 0.717) is 5.69 Å². The molecule has 0 atom stereocenters. The smallest absolute Gasteiger partial charge is 0.272 e. The van der Waals surface area contributed by atoms with Gasteiger partial charge >= 0.3 is 0 Å². The Morgan fingerprint density at radius 1 is 1.18 bits per heavy atom. The summed E-state index contributed by atoms with van der Waals surface area (Å²) in [6.45, 7) is 0. The molecule has 5 nitrogen and oxygen atoms in total. The molecule has 4 aliphatic rings. The number of rotatable bonds is 2. The van der Waals surface area contributed by atoms with Gasteiger partial charge in [-0.3, -0.25) is 14.9 Å². The van der Waals surface area contributed by atoms with Crippen LogP contribution in [0.3, 0.4) is 0 Å². The lowest BCUT2D eigenvalue weighted by atomic mass is 9.53.